The number of anilines is 1. The van der Waals surface area contributed by atoms with E-state index in [1.165, 1.54) is 11.8 Å². The topological polar surface area (TPSA) is 117 Å². The number of aliphatic carboxylic acids is 1. The number of carboxylic acids is 1. The molecule has 0 saturated heterocycles. The first-order valence-corrected chi connectivity index (χ1v) is 8.86. The minimum atomic E-state index is -1.13. The van der Waals surface area contributed by atoms with E-state index in [2.05, 4.69) is 15.6 Å². The Bertz CT molecular complexity index is 891. The highest BCUT2D eigenvalue weighted by Crippen LogP contribution is 2.27. The Kier molecular flexibility index (Phi) is 5.02. The van der Waals surface area contributed by atoms with Crippen LogP contribution >= 0.6 is 0 Å². The van der Waals surface area contributed by atoms with E-state index in [0.29, 0.717) is 19.0 Å². The molecule has 2 heterocycles. The lowest BCUT2D eigenvalue weighted by Crippen LogP contribution is -2.55. The molecule has 2 atom stereocenters. The van der Waals surface area contributed by atoms with Crippen LogP contribution in [0.25, 0.3) is 11.0 Å². The van der Waals surface area contributed by atoms with E-state index < -0.39 is 30.0 Å². The highest BCUT2D eigenvalue weighted by Gasteiger charge is 2.33. The number of hydrogen-bond acceptors (Lipinski definition) is 4. The Morgan fingerprint density at radius 3 is 2.48 bits per heavy atom. The average Bonchev–Trinajstić information content (AvgIpc) is 3.17. The number of nitrogens with one attached hydrogen (secondary N) is 2. The molecule has 0 bridgehead atoms. The van der Waals surface area contributed by atoms with E-state index in [1.54, 1.807) is 13.8 Å². The Hall–Kier alpha value is -3.10. The number of imidazole rings is 1. The summed E-state index contributed by atoms with van der Waals surface area (Å²) in [5.74, 6) is -1.33. The van der Waals surface area contributed by atoms with Gasteiger partial charge in [-0.15, -0.1) is 0 Å². The molecule has 1 aromatic carbocycles. The molecule has 9 nitrogen and oxygen atoms in total. The van der Waals surface area contributed by atoms with Gasteiger partial charge in [0.05, 0.1) is 11.0 Å². The highest BCUT2D eigenvalue weighted by molar-refractivity contribution is 5.97. The van der Waals surface area contributed by atoms with Crippen molar-refractivity contribution in [3.8, 4) is 0 Å². The molecule has 0 spiro atoms. The lowest BCUT2D eigenvalue weighted by atomic mass is 10.0. The first-order valence-electron chi connectivity index (χ1n) is 8.86. The summed E-state index contributed by atoms with van der Waals surface area (Å²) in [5, 5.41) is 14.1. The third-order valence-electron chi connectivity index (χ3n) is 4.63. The molecule has 3 amide bonds. The molecule has 0 radical (unpaired) electrons. The Morgan fingerprint density at radius 2 is 1.81 bits per heavy atom. The zero-order chi connectivity index (χ0) is 19.7. The number of rotatable bonds is 5. The van der Waals surface area contributed by atoms with Gasteiger partial charge in [-0.3, -0.25) is 14.5 Å². The number of carbonyl (C=O) groups excluding carboxylic acids is 2. The molecular formula is C18H23N5O4. The number of aromatic nitrogens is 2. The Balaban J connectivity index is 1.76. The number of carbonyl (C=O) groups is 3. The largest absolute Gasteiger partial charge is 0.480 e. The lowest BCUT2D eigenvalue weighted by molar-refractivity contribution is -0.141. The molecule has 0 saturated carbocycles. The van der Waals surface area contributed by atoms with Crippen molar-refractivity contribution >= 4 is 34.9 Å². The van der Waals surface area contributed by atoms with Gasteiger partial charge in [0.15, 0.2) is 0 Å². The first-order chi connectivity index (χ1) is 12.8. The minimum Gasteiger partial charge on any atom is -0.480 e. The molecule has 3 rings (SSSR count). The summed E-state index contributed by atoms with van der Waals surface area (Å²) in [5.41, 5.74) is 1.76. The van der Waals surface area contributed by atoms with E-state index in [9.17, 15) is 14.4 Å². The van der Waals surface area contributed by atoms with Crippen molar-refractivity contribution in [2.45, 2.75) is 39.4 Å². The second-order valence-corrected chi connectivity index (χ2v) is 6.94. The van der Waals surface area contributed by atoms with E-state index >= 15 is 0 Å². The van der Waals surface area contributed by atoms with Crippen molar-refractivity contribution < 1.29 is 19.5 Å². The maximum Gasteiger partial charge on any atom is 0.325 e. The first kappa shape index (κ1) is 18.7. The molecule has 1 aliphatic heterocycles. The van der Waals surface area contributed by atoms with Gasteiger partial charge in [0.1, 0.15) is 12.1 Å². The predicted octanol–water partition coefficient (Wildman–Crippen LogP) is 1.18. The Labute approximate surface area is 156 Å². The minimum absolute atomic E-state index is 0.212. The smallest absolute Gasteiger partial charge is 0.325 e. The van der Waals surface area contributed by atoms with Crippen LogP contribution in [0.2, 0.25) is 0 Å². The van der Waals surface area contributed by atoms with E-state index in [1.807, 2.05) is 28.8 Å². The van der Waals surface area contributed by atoms with Gasteiger partial charge in [0.25, 0.3) is 0 Å². The van der Waals surface area contributed by atoms with Crippen molar-refractivity contribution in [3.05, 3.63) is 24.3 Å². The monoisotopic (exact) mass is 373 g/mol. The lowest BCUT2D eigenvalue weighted by Gasteiger charge is -2.25. The van der Waals surface area contributed by atoms with E-state index in [4.69, 9.17) is 5.11 Å². The molecule has 9 heteroatoms. The zero-order valence-electron chi connectivity index (χ0n) is 15.5. The van der Waals surface area contributed by atoms with Gasteiger partial charge in [0.2, 0.25) is 11.9 Å². The number of nitrogens with zero attached hydrogens (tertiary/aromatic N) is 3. The number of carboxylic acid groups (broad SMARTS) is 1. The summed E-state index contributed by atoms with van der Waals surface area (Å²) in [7, 11) is 0. The summed E-state index contributed by atoms with van der Waals surface area (Å²) in [6.07, 6.45) is 0. The van der Waals surface area contributed by atoms with Crippen LogP contribution in [0.15, 0.2) is 24.3 Å². The van der Waals surface area contributed by atoms with Crippen LogP contribution < -0.4 is 15.5 Å². The third kappa shape index (κ3) is 3.57. The molecule has 2 unspecified atom stereocenters. The van der Waals surface area contributed by atoms with Crippen molar-refractivity contribution in [2.24, 2.45) is 5.92 Å². The molecule has 3 N–H and O–H groups in total. The van der Waals surface area contributed by atoms with Gasteiger partial charge in [-0.25, -0.2) is 9.78 Å². The van der Waals surface area contributed by atoms with Crippen LogP contribution in [-0.4, -0.2) is 51.2 Å². The van der Waals surface area contributed by atoms with Crippen molar-refractivity contribution in [1.29, 1.82) is 0 Å². The maximum atomic E-state index is 12.8. The van der Waals surface area contributed by atoms with Crippen LogP contribution in [0.3, 0.4) is 0 Å². The predicted molar refractivity (Wildman–Crippen MR) is 99.5 cm³/mol. The fourth-order valence-corrected chi connectivity index (χ4v) is 3.09. The van der Waals surface area contributed by atoms with Crippen molar-refractivity contribution in [1.82, 2.24) is 20.2 Å². The van der Waals surface area contributed by atoms with Crippen LogP contribution in [0.1, 0.15) is 20.8 Å². The normalized spacial score (nSPS) is 15.5. The van der Waals surface area contributed by atoms with Crippen LogP contribution in [-0.2, 0) is 16.1 Å². The standard InChI is InChI=1S/C18H23N5O4/c1-10(2)14(15(24)19-11(3)16(25)26)21-18(27)23-9-8-22-13-7-5-4-6-12(13)20-17(22)23/h4-7,10-11,14H,8-9H2,1-3H3,(H,19,24)(H,21,27)(H,25,26). The van der Waals surface area contributed by atoms with Crippen LogP contribution in [0.4, 0.5) is 10.7 Å². The quantitative estimate of drug-likeness (QED) is 0.728. The molecule has 2 aromatic rings. The molecule has 1 aliphatic rings. The fourth-order valence-electron chi connectivity index (χ4n) is 3.09. The number of amides is 3. The molecule has 0 fully saturated rings. The summed E-state index contributed by atoms with van der Waals surface area (Å²) in [6, 6.07) is 5.32. The van der Waals surface area contributed by atoms with Gasteiger partial charge in [0, 0.05) is 13.1 Å². The van der Waals surface area contributed by atoms with E-state index in [0.717, 1.165) is 11.0 Å². The molecule has 1 aromatic heterocycles. The van der Waals surface area contributed by atoms with Crippen LogP contribution in [0.5, 0.6) is 0 Å². The molecule has 27 heavy (non-hydrogen) atoms. The molecule has 144 valence electrons. The second kappa shape index (κ2) is 7.26. The van der Waals surface area contributed by atoms with Gasteiger partial charge < -0.3 is 20.3 Å². The maximum absolute atomic E-state index is 12.8. The molecule has 0 aliphatic carbocycles. The second-order valence-electron chi connectivity index (χ2n) is 6.94. The van der Waals surface area contributed by atoms with Gasteiger partial charge in [-0.05, 0) is 25.0 Å². The number of fused-ring (bicyclic) bond motifs is 3. The van der Waals surface area contributed by atoms with Gasteiger partial charge in [-0.1, -0.05) is 26.0 Å². The average molecular weight is 373 g/mol. The van der Waals surface area contributed by atoms with Crippen molar-refractivity contribution in [2.75, 3.05) is 11.4 Å². The van der Waals surface area contributed by atoms with E-state index in [-0.39, 0.29) is 5.92 Å². The Morgan fingerprint density at radius 1 is 1.11 bits per heavy atom. The SMILES string of the molecule is CC(NC(=O)C(NC(=O)N1CCn2c1nc1ccccc12)C(C)C)C(=O)O. The summed E-state index contributed by atoms with van der Waals surface area (Å²) >= 11 is 0. The number of para-hydroxylation sites is 2. The van der Waals surface area contributed by atoms with Crippen molar-refractivity contribution in [3.63, 3.8) is 0 Å². The third-order valence-corrected chi connectivity index (χ3v) is 4.63. The van der Waals surface area contributed by atoms with Gasteiger partial charge in [-0.2, -0.15) is 0 Å². The fraction of sp³-hybridized carbons (Fsp3) is 0.444. The number of hydrogen-bond donors (Lipinski definition) is 3. The highest BCUT2D eigenvalue weighted by atomic mass is 16.4. The summed E-state index contributed by atoms with van der Waals surface area (Å²) in [6.45, 7) is 6.03. The van der Waals surface area contributed by atoms with Crippen LogP contribution in [0, 0.1) is 5.92 Å². The number of urea groups is 1. The molecular weight excluding hydrogens is 350 g/mol. The number of benzene rings is 1. The summed E-state index contributed by atoms with van der Waals surface area (Å²) in [4.78, 5) is 42.2. The van der Waals surface area contributed by atoms with Gasteiger partial charge >= 0.3 is 12.0 Å². The summed E-state index contributed by atoms with van der Waals surface area (Å²) < 4.78 is 1.96. The zero-order valence-corrected chi connectivity index (χ0v) is 15.5.